The van der Waals surface area contributed by atoms with Crippen molar-refractivity contribution >= 4 is 5.91 Å². The number of carbonyl (C=O) groups excluding carboxylic acids is 1. The van der Waals surface area contributed by atoms with Gasteiger partial charge in [-0.25, -0.2) is 8.78 Å². The Balaban J connectivity index is 4.13. The van der Waals surface area contributed by atoms with Crippen LogP contribution in [0.15, 0.2) is 0 Å². The van der Waals surface area contributed by atoms with E-state index >= 15 is 0 Å². The number of rotatable bonds is 8. The first-order valence-corrected chi connectivity index (χ1v) is 6.58. The molecule has 1 atom stereocenters. The highest BCUT2D eigenvalue weighted by molar-refractivity contribution is 5.75. The fourth-order valence-electron chi connectivity index (χ4n) is 1.89. The van der Waals surface area contributed by atoms with E-state index in [2.05, 4.69) is 26.1 Å². The van der Waals surface area contributed by atoms with Gasteiger partial charge in [-0.2, -0.15) is 0 Å². The number of hydrogen-bond donors (Lipinski definition) is 3. The van der Waals surface area contributed by atoms with Gasteiger partial charge in [-0.15, -0.1) is 0 Å². The van der Waals surface area contributed by atoms with Crippen LogP contribution in [0.2, 0.25) is 0 Å². The zero-order valence-electron chi connectivity index (χ0n) is 12.0. The van der Waals surface area contributed by atoms with E-state index in [9.17, 15) is 13.6 Å². The van der Waals surface area contributed by atoms with Gasteiger partial charge in [0.1, 0.15) is 6.61 Å². The zero-order valence-corrected chi connectivity index (χ0v) is 12.0. The third kappa shape index (κ3) is 8.10. The van der Waals surface area contributed by atoms with Gasteiger partial charge in [0.25, 0.3) is 5.92 Å². The zero-order chi connectivity index (χ0) is 15.1. The number of aliphatic hydroxyl groups is 1. The molecular formula is C13H26F2N2O2. The normalized spacial score (nSPS) is 14.3. The molecule has 4 nitrogen and oxygen atoms in total. The third-order valence-electron chi connectivity index (χ3n) is 3.24. The number of aliphatic hydroxyl groups excluding tert-OH is 1. The molecule has 0 aliphatic heterocycles. The Bertz CT molecular complexity index is 278. The van der Waals surface area contributed by atoms with Crippen molar-refractivity contribution in [2.75, 3.05) is 19.7 Å². The number of nitrogens with two attached hydrogens (primary N) is 1. The summed E-state index contributed by atoms with van der Waals surface area (Å²) in [4.78, 5) is 11.5. The highest BCUT2D eigenvalue weighted by Crippen LogP contribution is 2.32. The van der Waals surface area contributed by atoms with Crippen LogP contribution in [0, 0.1) is 11.3 Å². The van der Waals surface area contributed by atoms with Crippen LogP contribution < -0.4 is 11.1 Å². The van der Waals surface area contributed by atoms with Gasteiger partial charge in [-0.1, -0.05) is 20.8 Å². The molecule has 0 heterocycles. The van der Waals surface area contributed by atoms with Crippen LogP contribution in [-0.4, -0.2) is 36.6 Å². The van der Waals surface area contributed by atoms with Gasteiger partial charge in [0.2, 0.25) is 5.91 Å². The summed E-state index contributed by atoms with van der Waals surface area (Å²) in [6, 6.07) is 0. The number of alkyl halides is 2. The molecule has 1 unspecified atom stereocenters. The van der Waals surface area contributed by atoms with Gasteiger partial charge in [0.05, 0.1) is 6.54 Å². The number of halogens is 2. The average Bonchev–Trinajstić information content (AvgIpc) is 2.30. The molecule has 0 saturated heterocycles. The van der Waals surface area contributed by atoms with Crippen LogP contribution in [0.5, 0.6) is 0 Å². The molecule has 0 aromatic heterocycles. The summed E-state index contributed by atoms with van der Waals surface area (Å²) in [5, 5.41) is 10.5. The lowest BCUT2D eigenvalue weighted by atomic mass is 9.76. The molecular weight excluding hydrogens is 254 g/mol. The van der Waals surface area contributed by atoms with Gasteiger partial charge in [0.15, 0.2) is 0 Å². The third-order valence-corrected chi connectivity index (χ3v) is 3.24. The van der Waals surface area contributed by atoms with Gasteiger partial charge in [-0.05, 0) is 30.7 Å². The van der Waals surface area contributed by atoms with E-state index in [-0.39, 0.29) is 17.8 Å². The first kappa shape index (κ1) is 18.2. The summed E-state index contributed by atoms with van der Waals surface area (Å²) in [5.74, 6) is -3.39. The quantitative estimate of drug-likeness (QED) is 0.631. The van der Waals surface area contributed by atoms with Gasteiger partial charge >= 0.3 is 0 Å². The molecule has 0 fully saturated rings. The molecule has 19 heavy (non-hydrogen) atoms. The lowest BCUT2D eigenvalue weighted by Gasteiger charge is -2.30. The second-order valence-corrected chi connectivity index (χ2v) is 5.97. The SMILES string of the molecule is CC(C)(C)C(CCN)CCC(=O)NCC(F)(F)CO. The van der Waals surface area contributed by atoms with E-state index in [0.29, 0.717) is 13.0 Å². The molecule has 0 bridgehead atoms. The van der Waals surface area contributed by atoms with E-state index < -0.39 is 25.0 Å². The molecule has 0 spiro atoms. The monoisotopic (exact) mass is 280 g/mol. The van der Waals surface area contributed by atoms with Crippen LogP contribution in [0.1, 0.15) is 40.0 Å². The maximum Gasteiger partial charge on any atom is 0.287 e. The van der Waals surface area contributed by atoms with Crippen molar-refractivity contribution in [3.8, 4) is 0 Å². The second-order valence-electron chi connectivity index (χ2n) is 5.97. The van der Waals surface area contributed by atoms with Crippen molar-refractivity contribution in [2.24, 2.45) is 17.1 Å². The van der Waals surface area contributed by atoms with Crippen LogP contribution in [0.25, 0.3) is 0 Å². The van der Waals surface area contributed by atoms with Crippen molar-refractivity contribution in [1.29, 1.82) is 0 Å². The summed E-state index contributed by atoms with van der Waals surface area (Å²) in [5.41, 5.74) is 5.58. The Kier molecular flexibility index (Phi) is 7.44. The van der Waals surface area contributed by atoms with Crippen LogP contribution in [-0.2, 0) is 4.79 Å². The lowest BCUT2D eigenvalue weighted by molar-refractivity contribution is -0.124. The number of hydrogen-bond acceptors (Lipinski definition) is 3. The van der Waals surface area contributed by atoms with E-state index in [4.69, 9.17) is 10.8 Å². The van der Waals surface area contributed by atoms with Crippen molar-refractivity contribution in [3.63, 3.8) is 0 Å². The van der Waals surface area contributed by atoms with E-state index in [1.165, 1.54) is 0 Å². The van der Waals surface area contributed by atoms with Crippen LogP contribution in [0.4, 0.5) is 8.78 Å². The highest BCUT2D eigenvalue weighted by Gasteiger charge is 2.29. The van der Waals surface area contributed by atoms with Crippen LogP contribution >= 0.6 is 0 Å². The van der Waals surface area contributed by atoms with Gasteiger partial charge in [-0.3, -0.25) is 4.79 Å². The largest absolute Gasteiger partial charge is 0.390 e. The summed E-state index contributed by atoms with van der Waals surface area (Å²) in [6.07, 6.45) is 1.63. The molecule has 0 radical (unpaired) electrons. The number of nitrogens with one attached hydrogen (secondary N) is 1. The topological polar surface area (TPSA) is 75.4 Å². The Labute approximate surface area is 113 Å². The standard InChI is InChI=1S/C13H26F2N2O2/c1-12(2,3)10(6-7-16)4-5-11(19)17-8-13(14,15)9-18/h10,18H,4-9,16H2,1-3H3,(H,17,19). The first-order chi connectivity index (χ1) is 8.62. The predicted octanol–water partition coefficient (Wildman–Crippen LogP) is 1.52. The van der Waals surface area contributed by atoms with E-state index in [0.717, 1.165) is 6.42 Å². The fraction of sp³-hybridized carbons (Fsp3) is 0.923. The Morgan fingerprint density at radius 3 is 2.32 bits per heavy atom. The van der Waals surface area contributed by atoms with Crippen molar-refractivity contribution in [3.05, 3.63) is 0 Å². The average molecular weight is 280 g/mol. The molecule has 114 valence electrons. The summed E-state index contributed by atoms with van der Waals surface area (Å²) in [6.45, 7) is 4.69. The summed E-state index contributed by atoms with van der Waals surface area (Å²) < 4.78 is 25.5. The summed E-state index contributed by atoms with van der Waals surface area (Å²) >= 11 is 0. The molecule has 4 N–H and O–H groups in total. The van der Waals surface area contributed by atoms with Crippen molar-refractivity contribution in [2.45, 2.75) is 46.0 Å². The number of amides is 1. The maximum atomic E-state index is 12.7. The molecule has 1 amide bonds. The lowest BCUT2D eigenvalue weighted by Crippen LogP contribution is -2.39. The minimum absolute atomic E-state index is 0.0364. The van der Waals surface area contributed by atoms with E-state index in [1.54, 1.807) is 0 Å². The minimum atomic E-state index is -3.25. The molecule has 0 aliphatic carbocycles. The molecule has 0 aromatic rings. The minimum Gasteiger partial charge on any atom is -0.390 e. The summed E-state index contributed by atoms with van der Waals surface area (Å²) in [7, 11) is 0. The number of carbonyl (C=O) groups is 1. The van der Waals surface area contributed by atoms with Gasteiger partial charge < -0.3 is 16.2 Å². The second kappa shape index (κ2) is 7.75. The molecule has 0 rings (SSSR count). The van der Waals surface area contributed by atoms with Crippen molar-refractivity contribution in [1.82, 2.24) is 5.32 Å². The predicted molar refractivity (Wildman–Crippen MR) is 70.9 cm³/mol. The van der Waals surface area contributed by atoms with Gasteiger partial charge in [0, 0.05) is 6.42 Å². The Morgan fingerprint density at radius 1 is 1.32 bits per heavy atom. The molecule has 0 saturated carbocycles. The molecule has 6 heteroatoms. The van der Waals surface area contributed by atoms with Crippen LogP contribution in [0.3, 0.4) is 0 Å². The van der Waals surface area contributed by atoms with E-state index in [1.807, 2.05) is 0 Å². The van der Waals surface area contributed by atoms with Crippen molar-refractivity contribution < 1.29 is 18.7 Å². The Morgan fingerprint density at radius 2 is 1.89 bits per heavy atom. The maximum absolute atomic E-state index is 12.7. The smallest absolute Gasteiger partial charge is 0.287 e. The fourth-order valence-corrected chi connectivity index (χ4v) is 1.89. The Hall–Kier alpha value is -0.750. The first-order valence-electron chi connectivity index (χ1n) is 6.58. The molecule has 0 aliphatic rings. The highest BCUT2D eigenvalue weighted by atomic mass is 19.3. The molecule has 0 aromatic carbocycles.